The Morgan fingerprint density at radius 1 is 0.864 bits per heavy atom. The number of rotatable bonds is 28. The zero-order chi connectivity index (χ0) is 32.7. The van der Waals surface area contributed by atoms with Crippen LogP contribution in [0.2, 0.25) is 0 Å². The molecular weight excluding hydrogens is 594 g/mol. The third-order valence-electron chi connectivity index (χ3n) is 6.43. The van der Waals surface area contributed by atoms with Crippen LogP contribution in [0, 0.1) is 11.8 Å². The van der Waals surface area contributed by atoms with Crippen molar-refractivity contribution >= 4 is 35.5 Å². The van der Waals surface area contributed by atoms with Crippen LogP contribution in [-0.4, -0.2) is 137 Å². The van der Waals surface area contributed by atoms with Gasteiger partial charge in [0.2, 0.25) is 5.91 Å². The summed E-state index contributed by atoms with van der Waals surface area (Å²) in [6.07, 6.45) is 1.14. The Labute approximate surface area is 264 Å². The molecular formula is C28H53N7O8S. The molecule has 0 aliphatic carbocycles. The van der Waals surface area contributed by atoms with Gasteiger partial charge in [0.25, 0.3) is 11.8 Å². The second-order valence-corrected chi connectivity index (χ2v) is 11.5. The predicted molar refractivity (Wildman–Crippen MR) is 169 cm³/mol. The molecule has 254 valence electrons. The van der Waals surface area contributed by atoms with Crippen LogP contribution in [0.25, 0.3) is 0 Å². The number of ether oxygens (including phenoxy) is 3. The normalized spacial score (nSPS) is 14.4. The molecule has 0 saturated carbocycles. The van der Waals surface area contributed by atoms with Crippen LogP contribution in [-0.2, 0) is 33.4 Å². The van der Waals surface area contributed by atoms with E-state index in [4.69, 9.17) is 36.5 Å². The van der Waals surface area contributed by atoms with Gasteiger partial charge in [-0.25, -0.2) is 0 Å². The second-order valence-electron chi connectivity index (χ2n) is 10.4. The molecule has 1 aliphatic rings. The van der Waals surface area contributed by atoms with Gasteiger partial charge in [-0.1, -0.05) is 13.8 Å². The molecule has 0 unspecified atom stereocenters. The molecule has 16 heteroatoms. The zero-order valence-electron chi connectivity index (χ0n) is 26.1. The number of hydrogen-bond donors (Lipinski definition) is 7. The Morgan fingerprint density at radius 2 is 1.41 bits per heavy atom. The summed E-state index contributed by atoms with van der Waals surface area (Å²) < 4.78 is 16.6. The number of carbonyl (C=O) groups excluding carboxylic acids is 3. The minimum atomic E-state index is -1.16. The fourth-order valence-corrected chi connectivity index (χ4v) is 5.28. The highest BCUT2D eigenvalue weighted by Gasteiger charge is 2.39. The van der Waals surface area contributed by atoms with E-state index in [0.29, 0.717) is 104 Å². The maximum Gasteiger partial charge on any atom is 0.321 e. The lowest BCUT2D eigenvalue weighted by molar-refractivity contribution is -0.139. The van der Waals surface area contributed by atoms with Gasteiger partial charge in [-0.15, -0.1) is 11.8 Å². The molecule has 1 aliphatic heterocycles. The lowest BCUT2D eigenvalue weighted by atomic mass is 10.0. The molecule has 10 N–H and O–H groups in total. The first-order valence-electron chi connectivity index (χ1n) is 15.2. The average Bonchev–Trinajstić information content (AvgIpc) is 3.23. The largest absolute Gasteiger partial charge is 0.480 e. The first-order valence-corrected chi connectivity index (χ1v) is 16.2. The first-order chi connectivity index (χ1) is 21.1. The molecule has 0 saturated heterocycles. The van der Waals surface area contributed by atoms with Gasteiger partial charge in [0.1, 0.15) is 6.04 Å². The predicted octanol–water partition coefficient (Wildman–Crippen LogP) is -1.93. The monoisotopic (exact) mass is 647 g/mol. The smallest absolute Gasteiger partial charge is 0.321 e. The van der Waals surface area contributed by atoms with Gasteiger partial charge in [-0.05, 0) is 18.8 Å². The van der Waals surface area contributed by atoms with E-state index in [1.807, 2.05) is 13.8 Å². The van der Waals surface area contributed by atoms with Gasteiger partial charge in [0.15, 0.2) is 0 Å². The molecule has 0 fully saturated rings. The van der Waals surface area contributed by atoms with Crippen molar-refractivity contribution in [3.8, 4) is 0 Å². The lowest BCUT2D eigenvalue weighted by Gasteiger charge is -2.18. The van der Waals surface area contributed by atoms with E-state index >= 15 is 0 Å². The van der Waals surface area contributed by atoms with Crippen LogP contribution in [0.3, 0.4) is 0 Å². The van der Waals surface area contributed by atoms with Crippen LogP contribution in [0.1, 0.15) is 26.7 Å². The van der Waals surface area contributed by atoms with Crippen LogP contribution < -0.4 is 33.2 Å². The molecule has 15 nitrogen and oxygen atoms in total. The van der Waals surface area contributed by atoms with E-state index in [-0.39, 0.29) is 40.9 Å². The SMILES string of the molecule is CC(C)C1=C(SC[C@H](N)C(=O)O)C(=O)N(CCCOCCOCCOCCCNC(=O)C(CNCCN)CNCCN)C1=O. The molecule has 3 amide bonds. The van der Waals surface area contributed by atoms with Crippen molar-refractivity contribution in [1.29, 1.82) is 0 Å². The molecule has 0 bridgehead atoms. The van der Waals surface area contributed by atoms with Gasteiger partial charge in [0, 0.05) is 76.9 Å². The van der Waals surface area contributed by atoms with E-state index in [0.717, 1.165) is 11.8 Å². The summed E-state index contributed by atoms with van der Waals surface area (Å²) >= 11 is 1.02. The fourth-order valence-electron chi connectivity index (χ4n) is 4.08. The number of carbonyl (C=O) groups is 4. The molecule has 0 aromatic heterocycles. The summed E-state index contributed by atoms with van der Waals surface area (Å²) in [5, 5.41) is 18.3. The van der Waals surface area contributed by atoms with Crippen molar-refractivity contribution < 1.29 is 38.5 Å². The molecule has 1 rings (SSSR count). The summed E-state index contributed by atoms with van der Waals surface area (Å²) in [5.74, 6) is -2.34. The van der Waals surface area contributed by atoms with Gasteiger partial charge < -0.3 is 52.5 Å². The van der Waals surface area contributed by atoms with Crippen molar-refractivity contribution in [2.45, 2.75) is 32.7 Å². The third-order valence-corrected chi connectivity index (χ3v) is 7.64. The Balaban J connectivity index is 2.12. The molecule has 0 spiro atoms. The van der Waals surface area contributed by atoms with Gasteiger partial charge >= 0.3 is 5.97 Å². The highest BCUT2D eigenvalue weighted by molar-refractivity contribution is 8.04. The van der Waals surface area contributed by atoms with Crippen LogP contribution in [0.5, 0.6) is 0 Å². The highest BCUT2D eigenvalue weighted by Crippen LogP contribution is 2.34. The van der Waals surface area contributed by atoms with Gasteiger partial charge in [0.05, 0.1) is 37.3 Å². The Kier molecular flexibility index (Phi) is 21.9. The number of nitrogens with one attached hydrogen (secondary N) is 3. The molecule has 44 heavy (non-hydrogen) atoms. The number of imide groups is 1. The summed E-state index contributed by atoms with van der Waals surface area (Å²) in [4.78, 5) is 50.6. The molecule has 1 atom stereocenters. The van der Waals surface area contributed by atoms with E-state index in [1.165, 1.54) is 4.90 Å². The second kappa shape index (κ2) is 24.1. The zero-order valence-corrected chi connectivity index (χ0v) is 27.0. The Hall–Kier alpha value is -2.15. The summed E-state index contributed by atoms with van der Waals surface area (Å²) in [6.45, 7) is 10.2. The first kappa shape index (κ1) is 39.9. The molecule has 1 heterocycles. The number of thioether (sulfide) groups is 1. The van der Waals surface area contributed by atoms with E-state index in [1.54, 1.807) is 0 Å². The molecule has 0 aromatic rings. The number of nitrogens with two attached hydrogens (primary N) is 3. The third kappa shape index (κ3) is 15.7. The standard InChI is InChI=1S/C28H53N7O8S/c1-20(2)23-24(44-19-22(31)28(39)40)27(38)35(26(23)37)10-4-12-42-14-16-43-15-13-41-11-3-7-34-25(36)21(17-32-8-5-29)18-33-9-6-30/h20-22,32-33H,3-19,29-31H2,1-2H3,(H,34,36)(H,39,40)/t22-/m0/s1. The average molecular weight is 648 g/mol. The molecule has 0 aromatic carbocycles. The number of nitrogens with zero attached hydrogens (tertiary/aromatic N) is 1. The van der Waals surface area contributed by atoms with Crippen LogP contribution >= 0.6 is 11.8 Å². The lowest BCUT2D eigenvalue weighted by Crippen LogP contribution is -2.44. The minimum absolute atomic E-state index is 0.00320. The van der Waals surface area contributed by atoms with Crippen molar-refractivity contribution in [2.75, 3.05) is 97.8 Å². The Morgan fingerprint density at radius 3 is 1.93 bits per heavy atom. The highest BCUT2D eigenvalue weighted by atomic mass is 32.2. The van der Waals surface area contributed by atoms with Crippen LogP contribution in [0.15, 0.2) is 10.5 Å². The quantitative estimate of drug-likeness (QED) is 0.0362. The number of aliphatic carboxylic acids is 1. The fraction of sp³-hybridized carbons (Fsp3) is 0.786. The number of carboxylic acids is 1. The molecule has 0 radical (unpaired) electrons. The number of amides is 3. The summed E-state index contributed by atoms with van der Waals surface area (Å²) in [5.41, 5.74) is 17.0. The minimum Gasteiger partial charge on any atom is -0.480 e. The van der Waals surface area contributed by atoms with Gasteiger partial charge in [-0.2, -0.15) is 0 Å². The van der Waals surface area contributed by atoms with E-state index in [9.17, 15) is 19.2 Å². The van der Waals surface area contributed by atoms with Crippen molar-refractivity contribution in [1.82, 2.24) is 20.9 Å². The van der Waals surface area contributed by atoms with Crippen LogP contribution in [0.4, 0.5) is 0 Å². The number of hydrogen-bond acceptors (Lipinski definition) is 13. The maximum absolute atomic E-state index is 12.8. The van der Waals surface area contributed by atoms with Crippen molar-refractivity contribution in [3.63, 3.8) is 0 Å². The van der Waals surface area contributed by atoms with E-state index in [2.05, 4.69) is 16.0 Å². The number of carboxylic acid groups (broad SMARTS) is 1. The topological polar surface area (TPSA) is 234 Å². The van der Waals surface area contributed by atoms with Crippen molar-refractivity contribution in [3.05, 3.63) is 10.5 Å². The van der Waals surface area contributed by atoms with E-state index < -0.39 is 17.9 Å². The summed E-state index contributed by atoms with van der Waals surface area (Å²) in [7, 11) is 0. The Bertz CT molecular complexity index is 899. The van der Waals surface area contributed by atoms with Gasteiger partial charge in [-0.3, -0.25) is 24.1 Å². The maximum atomic E-state index is 12.8. The van der Waals surface area contributed by atoms with Crippen molar-refractivity contribution in [2.24, 2.45) is 29.0 Å². The summed E-state index contributed by atoms with van der Waals surface area (Å²) in [6, 6.07) is -1.12.